The number of carbonyl (C=O) groups is 3. The molecule has 2 unspecified atom stereocenters. The molecule has 0 spiro atoms. The van der Waals surface area contributed by atoms with Gasteiger partial charge in [0.05, 0.1) is 5.69 Å². The Hall–Kier alpha value is -2.57. The van der Waals surface area contributed by atoms with Crippen LogP contribution in [0.15, 0.2) is 18.2 Å². The summed E-state index contributed by atoms with van der Waals surface area (Å²) in [6.45, 7) is 3.30. The summed E-state index contributed by atoms with van der Waals surface area (Å²) in [5.74, 6) is -0.0158. The van der Waals surface area contributed by atoms with Crippen LogP contribution in [0.3, 0.4) is 0 Å². The van der Waals surface area contributed by atoms with Crippen molar-refractivity contribution in [2.24, 2.45) is 0 Å². The number of rotatable bonds is 1. The zero-order chi connectivity index (χ0) is 15.4. The van der Waals surface area contributed by atoms with Gasteiger partial charge in [-0.1, -0.05) is 6.07 Å². The van der Waals surface area contributed by atoms with Gasteiger partial charge in [-0.15, -0.1) is 0 Å². The van der Waals surface area contributed by atoms with Crippen LogP contribution in [0.2, 0.25) is 0 Å². The van der Waals surface area contributed by atoms with Crippen LogP contribution < -0.4 is 20.3 Å². The van der Waals surface area contributed by atoms with Crippen LogP contribution in [0, 0.1) is 0 Å². The second-order valence-corrected chi connectivity index (χ2v) is 5.37. The lowest BCUT2D eigenvalue weighted by molar-refractivity contribution is -0.125. The minimum atomic E-state index is -1.15. The van der Waals surface area contributed by atoms with Gasteiger partial charge in [-0.25, -0.2) is 4.79 Å². The van der Waals surface area contributed by atoms with E-state index < -0.39 is 23.6 Å². The van der Waals surface area contributed by atoms with Crippen molar-refractivity contribution in [2.75, 3.05) is 11.9 Å². The normalized spacial score (nSPS) is 27.9. The van der Waals surface area contributed by atoms with Crippen LogP contribution in [-0.4, -0.2) is 31.0 Å². The van der Waals surface area contributed by atoms with Crippen molar-refractivity contribution >= 4 is 23.5 Å². The number of carbonyl (C=O) groups excluding carboxylic acids is 3. The average molecular weight is 289 g/mol. The molecule has 0 aromatic heterocycles. The van der Waals surface area contributed by atoms with Crippen LogP contribution in [0.1, 0.15) is 19.4 Å². The molecule has 2 N–H and O–H groups in total. The Bertz CT molecular complexity index is 672. The summed E-state index contributed by atoms with van der Waals surface area (Å²) in [5.41, 5.74) is 0.00664. The SMILES string of the molecule is CC1Oc2ccc(C3(C)NC(=O)NC3=O)cc2N(C)C1=O. The van der Waals surface area contributed by atoms with Gasteiger partial charge in [0.2, 0.25) is 0 Å². The van der Waals surface area contributed by atoms with Gasteiger partial charge in [0, 0.05) is 7.05 Å². The maximum Gasteiger partial charge on any atom is 0.322 e. The van der Waals surface area contributed by atoms with Crippen LogP contribution in [0.5, 0.6) is 5.75 Å². The molecule has 110 valence electrons. The van der Waals surface area contributed by atoms with Gasteiger partial charge in [0.1, 0.15) is 11.3 Å². The summed E-state index contributed by atoms with van der Waals surface area (Å²) in [7, 11) is 1.65. The predicted molar refractivity (Wildman–Crippen MR) is 74.0 cm³/mol. The third kappa shape index (κ3) is 1.84. The molecule has 2 aliphatic rings. The first-order valence-electron chi connectivity index (χ1n) is 6.55. The van der Waals surface area contributed by atoms with Gasteiger partial charge in [-0.3, -0.25) is 14.9 Å². The van der Waals surface area contributed by atoms with E-state index in [1.54, 1.807) is 39.1 Å². The number of imide groups is 1. The fourth-order valence-electron chi connectivity index (χ4n) is 2.57. The highest BCUT2D eigenvalue weighted by molar-refractivity contribution is 6.07. The first-order chi connectivity index (χ1) is 9.83. The Morgan fingerprint density at radius 2 is 2.00 bits per heavy atom. The third-order valence-corrected chi connectivity index (χ3v) is 3.92. The molecule has 0 saturated carbocycles. The maximum atomic E-state index is 12.0. The molecule has 0 aliphatic carbocycles. The van der Waals surface area contributed by atoms with Crippen LogP contribution in [0.25, 0.3) is 0 Å². The van der Waals surface area contributed by atoms with Crippen LogP contribution in [0.4, 0.5) is 10.5 Å². The number of nitrogens with zero attached hydrogens (tertiary/aromatic N) is 1. The Morgan fingerprint density at radius 3 is 2.62 bits per heavy atom. The van der Waals surface area contributed by atoms with Crippen molar-refractivity contribution in [2.45, 2.75) is 25.5 Å². The number of likely N-dealkylation sites (N-methyl/N-ethyl adjacent to an activating group) is 1. The molecule has 3 rings (SSSR count). The number of urea groups is 1. The molecule has 0 bridgehead atoms. The lowest BCUT2D eigenvalue weighted by atomic mass is 9.91. The maximum absolute atomic E-state index is 12.0. The Morgan fingerprint density at radius 1 is 1.29 bits per heavy atom. The molecule has 2 aliphatic heterocycles. The van der Waals surface area contributed by atoms with Crippen molar-refractivity contribution < 1.29 is 19.1 Å². The average Bonchev–Trinajstić information content (AvgIpc) is 2.70. The largest absolute Gasteiger partial charge is 0.479 e. The van der Waals surface area contributed by atoms with E-state index in [2.05, 4.69) is 10.6 Å². The Kier molecular flexibility index (Phi) is 2.69. The number of amides is 4. The topological polar surface area (TPSA) is 87.7 Å². The number of nitrogens with one attached hydrogen (secondary N) is 2. The van der Waals surface area contributed by atoms with E-state index in [0.717, 1.165) is 0 Å². The highest BCUT2D eigenvalue weighted by Gasteiger charge is 2.44. The fourth-order valence-corrected chi connectivity index (χ4v) is 2.57. The quantitative estimate of drug-likeness (QED) is 0.736. The Labute approximate surface area is 121 Å². The van der Waals surface area contributed by atoms with E-state index in [4.69, 9.17) is 4.74 Å². The molecule has 1 saturated heterocycles. The first kappa shape index (κ1) is 13.4. The van der Waals surface area contributed by atoms with E-state index in [0.29, 0.717) is 17.0 Å². The predicted octanol–water partition coefficient (Wildman–Crippen LogP) is 0.485. The molecular formula is C14H15N3O4. The highest BCUT2D eigenvalue weighted by atomic mass is 16.5. The van der Waals surface area contributed by atoms with Crippen molar-refractivity contribution in [3.05, 3.63) is 23.8 Å². The van der Waals surface area contributed by atoms with E-state index in [1.165, 1.54) is 4.90 Å². The third-order valence-electron chi connectivity index (χ3n) is 3.92. The Balaban J connectivity index is 2.06. The highest BCUT2D eigenvalue weighted by Crippen LogP contribution is 2.37. The fraction of sp³-hybridized carbons (Fsp3) is 0.357. The first-order valence-corrected chi connectivity index (χ1v) is 6.55. The molecular weight excluding hydrogens is 274 g/mol. The molecule has 7 heteroatoms. The summed E-state index contributed by atoms with van der Waals surface area (Å²) in [6.07, 6.45) is -0.543. The van der Waals surface area contributed by atoms with Crippen LogP contribution in [-0.2, 0) is 15.1 Å². The second kappa shape index (κ2) is 4.21. The second-order valence-electron chi connectivity index (χ2n) is 5.37. The summed E-state index contributed by atoms with van der Waals surface area (Å²) in [4.78, 5) is 36.8. The molecule has 7 nitrogen and oxygen atoms in total. The monoisotopic (exact) mass is 289 g/mol. The molecule has 2 atom stereocenters. The minimum Gasteiger partial charge on any atom is -0.479 e. The molecule has 1 aromatic rings. The van der Waals surface area contributed by atoms with Crippen LogP contribution >= 0.6 is 0 Å². The van der Waals surface area contributed by atoms with Gasteiger partial charge < -0.3 is 15.0 Å². The zero-order valence-corrected chi connectivity index (χ0v) is 11.9. The lowest BCUT2D eigenvalue weighted by Crippen LogP contribution is -2.43. The number of anilines is 1. The smallest absolute Gasteiger partial charge is 0.322 e. The van der Waals surface area contributed by atoms with E-state index in [1.807, 2.05) is 0 Å². The number of fused-ring (bicyclic) bond motifs is 1. The van der Waals surface area contributed by atoms with Gasteiger partial charge in [-0.05, 0) is 31.5 Å². The van der Waals surface area contributed by atoms with Gasteiger partial charge in [-0.2, -0.15) is 0 Å². The number of hydrogen-bond donors (Lipinski definition) is 2. The van der Waals surface area contributed by atoms with Crippen molar-refractivity contribution in [1.29, 1.82) is 0 Å². The molecule has 1 aromatic carbocycles. The van der Waals surface area contributed by atoms with Crippen molar-refractivity contribution in [3.63, 3.8) is 0 Å². The van der Waals surface area contributed by atoms with Crippen molar-refractivity contribution in [3.8, 4) is 5.75 Å². The summed E-state index contributed by atoms with van der Waals surface area (Å²) < 4.78 is 5.53. The van der Waals surface area contributed by atoms with E-state index in [9.17, 15) is 14.4 Å². The molecule has 21 heavy (non-hydrogen) atoms. The standard InChI is InChI=1S/C14H15N3O4/c1-7-11(18)17(3)9-6-8(4-5-10(9)21-7)14(2)12(19)15-13(20)16-14/h4-7H,1-3H3,(H2,15,16,19,20). The van der Waals surface area contributed by atoms with Gasteiger partial charge in [0.25, 0.3) is 11.8 Å². The summed E-state index contributed by atoms with van der Waals surface area (Å²) >= 11 is 0. The van der Waals surface area contributed by atoms with Gasteiger partial charge in [0.15, 0.2) is 6.10 Å². The summed E-state index contributed by atoms with van der Waals surface area (Å²) in [5, 5.41) is 4.81. The van der Waals surface area contributed by atoms with Gasteiger partial charge >= 0.3 is 6.03 Å². The zero-order valence-electron chi connectivity index (χ0n) is 11.9. The molecule has 2 heterocycles. The number of hydrogen-bond acceptors (Lipinski definition) is 4. The lowest BCUT2D eigenvalue weighted by Gasteiger charge is -2.32. The molecule has 4 amide bonds. The number of ether oxygens (including phenoxy) is 1. The number of benzene rings is 1. The van der Waals surface area contributed by atoms with E-state index >= 15 is 0 Å². The van der Waals surface area contributed by atoms with E-state index in [-0.39, 0.29) is 5.91 Å². The van der Waals surface area contributed by atoms with Crippen molar-refractivity contribution in [1.82, 2.24) is 10.6 Å². The molecule has 1 fully saturated rings. The minimum absolute atomic E-state index is 0.162. The summed E-state index contributed by atoms with van der Waals surface area (Å²) in [6, 6.07) is 4.56. The molecule has 0 radical (unpaired) electrons.